The van der Waals surface area contributed by atoms with Crippen LogP contribution < -0.4 is 21.3 Å². The molecule has 3 rings (SSSR count). The average Bonchev–Trinajstić information content (AvgIpc) is 2.79. The molecule has 4 amide bonds. The van der Waals surface area contributed by atoms with E-state index >= 15 is 0 Å². The lowest BCUT2D eigenvalue weighted by Crippen LogP contribution is -2.63. The fourth-order valence-corrected chi connectivity index (χ4v) is 7.18. The van der Waals surface area contributed by atoms with Crippen molar-refractivity contribution < 1.29 is 20.0 Å². The molecule has 0 spiro atoms. The summed E-state index contributed by atoms with van der Waals surface area (Å²) in [6, 6.07) is 7.04. The van der Waals surface area contributed by atoms with Crippen LogP contribution >= 0.6 is 0 Å². The van der Waals surface area contributed by atoms with Crippen molar-refractivity contribution in [2.75, 3.05) is 0 Å². The van der Waals surface area contributed by atoms with Gasteiger partial charge in [-0.05, 0) is 120 Å². The third-order valence-electron chi connectivity index (χ3n) is 9.01. The molecule has 0 aromatic heterocycles. The molecule has 10 nitrogen and oxygen atoms in total. The summed E-state index contributed by atoms with van der Waals surface area (Å²) in [6.45, 7) is 23.1. The summed E-state index contributed by atoms with van der Waals surface area (Å²) in [7, 11) is 0. The summed E-state index contributed by atoms with van der Waals surface area (Å²) in [5.74, 6) is 0. The van der Waals surface area contributed by atoms with E-state index in [2.05, 4.69) is 21.3 Å². The zero-order chi connectivity index (χ0) is 32.1. The minimum absolute atomic E-state index is 0.124. The number of hydrogen-bond donors (Lipinski definition) is 4. The largest absolute Gasteiger partial charge is 0.335 e. The fourth-order valence-electron chi connectivity index (χ4n) is 7.18. The molecular weight excluding hydrogens is 532 g/mol. The van der Waals surface area contributed by atoms with Gasteiger partial charge in [0.15, 0.2) is 0 Å². The summed E-state index contributed by atoms with van der Waals surface area (Å²) in [5, 5.41) is 40.1. The molecule has 236 valence electrons. The Labute approximate surface area is 252 Å². The number of hydroxylamine groups is 4. The Morgan fingerprint density at radius 3 is 1.21 bits per heavy atom. The van der Waals surface area contributed by atoms with Crippen LogP contribution in [0, 0.1) is 0 Å². The Balaban J connectivity index is 1.66. The van der Waals surface area contributed by atoms with Crippen LogP contribution in [0.25, 0.3) is 0 Å². The maximum atomic E-state index is 13.1. The Morgan fingerprint density at radius 1 is 0.643 bits per heavy atom. The molecule has 2 fully saturated rings. The summed E-state index contributed by atoms with van der Waals surface area (Å²) in [5.41, 5.74) is -1.91. The lowest BCUT2D eigenvalue weighted by molar-refractivity contribution is -0.289. The minimum atomic E-state index is -0.702. The Kier molecular flexibility index (Phi) is 9.14. The van der Waals surface area contributed by atoms with Crippen LogP contribution in [0.2, 0.25) is 0 Å². The molecule has 2 heterocycles. The van der Waals surface area contributed by atoms with Crippen LogP contribution in [-0.4, -0.2) is 56.4 Å². The number of benzene rings is 1. The summed E-state index contributed by atoms with van der Waals surface area (Å²) < 4.78 is 0. The number of urea groups is 2. The van der Waals surface area contributed by atoms with Crippen molar-refractivity contribution in [2.24, 2.45) is 0 Å². The fraction of sp³-hybridized carbons (Fsp3) is 0.750. The molecule has 10 heteroatoms. The minimum Gasteiger partial charge on any atom is -0.335 e. The standard InChI is InChI=1S/C32H54N6O4/c1-27(2)17-23(18-28(3,4)37(27)41)33-25(39)35-31(9,10)21-14-13-15-22(16-21)32(11,12)36-26(40)34-24-19-29(5,6)38(42)30(7,8)20-24/h13-16,23-24H,17-20H2,1-12H3,(H2,33,35,39)(H2,34,36,40). The van der Waals surface area contributed by atoms with Crippen molar-refractivity contribution in [1.82, 2.24) is 31.4 Å². The molecule has 4 N–H and O–H groups in total. The van der Waals surface area contributed by atoms with Crippen LogP contribution in [0.3, 0.4) is 0 Å². The van der Waals surface area contributed by atoms with E-state index in [1.807, 2.05) is 107 Å². The van der Waals surface area contributed by atoms with E-state index in [0.717, 1.165) is 21.3 Å². The second-order valence-corrected chi connectivity index (χ2v) is 16.1. The van der Waals surface area contributed by atoms with Crippen molar-refractivity contribution in [3.8, 4) is 0 Å². The molecule has 0 saturated carbocycles. The molecule has 42 heavy (non-hydrogen) atoms. The molecule has 0 bridgehead atoms. The summed E-state index contributed by atoms with van der Waals surface area (Å²) in [6.07, 6.45) is 2.26. The van der Waals surface area contributed by atoms with Gasteiger partial charge in [-0.2, -0.15) is 0 Å². The zero-order valence-electron chi connectivity index (χ0n) is 27.8. The van der Waals surface area contributed by atoms with Crippen molar-refractivity contribution >= 4 is 12.1 Å². The Hall–Kier alpha value is -2.40. The highest BCUT2D eigenvalue weighted by Gasteiger charge is 2.48. The molecule has 0 aliphatic carbocycles. The van der Waals surface area contributed by atoms with Crippen LogP contribution in [0.4, 0.5) is 9.59 Å². The first-order valence-electron chi connectivity index (χ1n) is 15.1. The predicted octanol–water partition coefficient (Wildman–Crippen LogP) is 5.49. The summed E-state index contributed by atoms with van der Waals surface area (Å²) >= 11 is 0. The quantitative estimate of drug-likeness (QED) is 0.351. The number of carbonyl (C=O) groups excluding carboxylic acids is 2. The normalized spacial score (nSPS) is 23.2. The SMILES string of the molecule is CC(C)(NC(=O)NC1CC(C)(C)N([O])C(C)(C)C1)c1cccc(C(C)(C)NC(=O)NC2CC(C)(C)N([O])C(C)(C)C2)c1. The lowest BCUT2D eigenvalue weighted by Gasteiger charge is -2.50. The van der Waals surface area contributed by atoms with Gasteiger partial charge < -0.3 is 21.3 Å². The predicted molar refractivity (Wildman–Crippen MR) is 163 cm³/mol. The highest BCUT2D eigenvalue weighted by Crippen LogP contribution is 2.38. The average molecular weight is 587 g/mol. The van der Waals surface area contributed by atoms with Gasteiger partial charge in [0.1, 0.15) is 0 Å². The van der Waals surface area contributed by atoms with E-state index in [1.54, 1.807) is 0 Å². The molecule has 2 saturated heterocycles. The van der Waals surface area contributed by atoms with Gasteiger partial charge in [0.2, 0.25) is 0 Å². The number of piperidine rings is 2. The highest BCUT2D eigenvalue weighted by atomic mass is 16.5. The van der Waals surface area contributed by atoms with Gasteiger partial charge in [0.25, 0.3) is 0 Å². The smallest absolute Gasteiger partial charge is 0.315 e. The number of amides is 4. The first-order chi connectivity index (χ1) is 18.9. The van der Waals surface area contributed by atoms with Gasteiger partial charge in [-0.15, -0.1) is 20.5 Å². The van der Waals surface area contributed by atoms with E-state index < -0.39 is 33.2 Å². The molecule has 0 unspecified atom stereocenters. The Morgan fingerprint density at radius 2 is 0.929 bits per heavy atom. The Bertz CT molecular complexity index is 1040. The zero-order valence-corrected chi connectivity index (χ0v) is 27.8. The third-order valence-corrected chi connectivity index (χ3v) is 9.01. The molecule has 2 radical (unpaired) electrons. The van der Waals surface area contributed by atoms with E-state index in [9.17, 15) is 20.0 Å². The molecule has 2 aliphatic heterocycles. The van der Waals surface area contributed by atoms with Gasteiger partial charge in [-0.3, -0.25) is 0 Å². The number of nitrogens with zero attached hydrogens (tertiary/aromatic N) is 2. The van der Waals surface area contributed by atoms with Crippen LogP contribution in [-0.2, 0) is 21.5 Å². The van der Waals surface area contributed by atoms with Crippen molar-refractivity contribution in [1.29, 1.82) is 0 Å². The van der Waals surface area contributed by atoms with E-state index in [1.165, 1.54) is 0 Å². The summed E-state index contributed by atoms with van der Waals surface area (Å²) in [4.78, 5) is 26.3. The topological polar surface area (TPSA) is 129 Å². The molecular formula is C32H54N6O4. The van der Waals surface area contributed by atoms with Crippen LogP contribution in [0.15, 0.2) is 24.3 Å². The van der Waals surface area contributed by atoms with Gasteiger partial charge in [0, 0.05) is 34.2 Å². The number of carbonyl (C=O) groups is 2. The van der Waals surface area contributed by atoms with E-state index in [0.29, 0.717) is 25.7 Å². The van der Waals surface area contributed by atoms with Gasteiger partial charge in [0.05, 0.1) is 11.1 Å². The third kappa shape index (κ3) is 7.56. The molecule has 0 atom stereocenters. The van der Waals surface area contributed by atoms with Crippen molar-refractivity contribution in [3.05, 3.63) is 35.4 Å². The van der Waals surface area contributed by atoms with Crippen molar-refractivity contribution in [3.63, 3.8) is 0 Å². The molecule has 2 aliphatic rings. The van der Waals surface area contributed by atoms with E-state index in [4.69, 9.17) is 0 Å². The van der Waals surface area contributed by atoms with Gasteiger partial charge in [-0.1, -0.05) is 24.3 Å². The monoisotopic (exact) mass is 586 g/mol. The van der Waals surface area contributed by atoms with Crippen LogP contribution in [0.1, 0.15) is 120 Å². The molecule has 1 aromatic carbocycles. The first kappa shape index (κ1) is 34.1. The van der Waals surface area contributed by atoms with Crippen molar-refractivity contribution in [2.45, 2.75) is 154 Å². The van der Waals surface area contributed by atoms with Gasteiger partial charge >= 0.3 is 12.1 Å². The number of rotatable bonds is 6. The van der Waals surface area contributed by atoms with E-state index in [-0.39, 0.29) is 24.1 Å². The van der Waals surface area contributed by atoms with Gasteiger partial charge in [-0.25, -0.2) is 9.59 Å². The maximum Gasteiger partial charge on any atom is 0.315 e. The maximum absolute atomic E-state index is 13.1. The first-order valence-corrected chi connectivity index (χ1v) is 15.1. The molecule has 1 aromatic rings. The highest BCUT2D eigenvalue weighted by molar-refractivity contribution is 5.76. The lowest BCUT2D eigenvalue weighted by atomic mass is 9.79. The number of nitrogens with one attached hydrogen (secondary N) is 4. The number of hydrogen-bond acceptors (Lipinski definition) is 4. The van der Waals surface area contributed by atoms with Crippen LogP contribution in [0.5, 0.6) is 0 Å². The second-order valence-electron chi connectivity index (χ2n) is 16.1. The second kappa shape index (κ2) is 11.3.